The zero-order valence-corrected chi connectivity index (χ0v) is 13.9. The fraction of sp³-hybridized carbons (Fsp3) is 0.500. The van der Waals surface area contributed by atoms with Gasteiger partial charge in [0.25, 0.3) is 0 Å². The van der Waals surface area contributed by atoms with Crippen molar-refractivity contribution in [1.29, 1.82) is 0 Å². The van der Waals surface area contributed by atoms with Gasteiger partial charge in [0.15, 0.2) is 0 Å². The molecule has 1 aromatic heterocycles. The number of carbonyl (C=O) groups excluding carboxylic acids is 1. The first kappa shape index (κ1) is 16.5. The van der Waals surface area contributed by atoms with Crippen LogP contribution in [0.15, 0.2) is 24.3 Å². The van der Waals surface area contributed by atoms with Crippen LogP contribution in [0.4, 0.5) is 0 Å². The van der Waals surface area contributed by atoms with Crippen molar-refractivity contribution in [3.05, 3.63) is 30.1 Å². The fourth-order valence-electron chi connectivity index (χ4n) is 3.47. The summed E-state index contributed by atoms with van der Waals surface area (Å²) in [4.78, 5) is 27.7. The molecule has 0 saturated heterocycles. The van der Waals surface area contributed by atoms with Crippen LogP contribution in [-0.4, -0.2) is 33.1 Å². The van der Waals surface area contributed by atoms with Gasteiger partial charge in [0.05, 0.1) is 17.0 Å². The summed E-state index contributed by atoms with van der Waals surface area (Å²) in [5.74, 6) is -0.296. The molecule has 128 valence electrons. The van der Waals surface area contributed by atoms with Crippen molar-refractivity contribution in [1.82, 2.24) is 14.9 Å². The molecule has 0 unspecified atom stereocenters. The van der Waals surface area contributed by atoms with Crippen LogP contribution in [0.25, 0.3) is 11.0 Å². The predicted octanol–water partition coefficient (Wildman–Crippen LogP) is 2.12. The summed E-state index contributed by atoms with van der Waals surface area (Å²) in [5, 5.41) is 11.9. The van der Waals surface area contributed by atoms with Crippen molar-refractivity contribution in [3.8, 4) is 0 Å². The van der Waals surface area contributed by atoms with Gasteiger partial charge in [-0.1, -0.05) is 12.1 Å². The normalized spacial score (nSPS) is 20.4. The van der Waals surface area contributed by atoms with Crippen LogP contribution in [0.2, 0.25) is 0 Å². The number of hydrogen-bond donors (Lipinski definition) is 2. The third-order valence-electron chi connectivity index (χ3n) is 4.91. The van der Waals surface area contributed by atoms with E-state index in [1.54, 1.807) is 0 Å². The van der Waals surface area contributed by atoms with E-state index < -0.39 is 5.97 Å². The van der Waals surface area contributed by atoms with E-state index >= 15 is 0 Å². The number of para-hydroxylation sites is 2. The van der Waals surface area contributed by atoms with Crippen LogP contribution in [-0.2, 0) is 23.1 Å². The van der Waals surface area contributed by atoms with Crippen LogP contribution in [0, 0.1) is 11.8 Å². The number of nitrogens with one attached hydrogen (secondary N) is 1. The Morgan fingerprint density at radius 3 is 2.75 bits per heavy atom. The summed E-state index contributed by atoms with van der Waals surface area (Å²) in [7, 11) is 2.01. The molecule has 2 aromatic rings. The molecule has 3 rings (SSSR count). The molecule has 1 heterocycles. The smallest absolute Gasteiger partial charge is 0.306 e. The van der Waals surface area contributed by atoms with Gasteiger partial charge in [0.2, 0.25) is 5.91 Å². The molecule has 0 aliphatic heterocycles. The molecule has 1 amide bonds. The average molecular weight is 329 g/mol. The van der Waals surface area contributed by atoms with Gasteiger partial charge in [-0.3, -0.25) is 9.59 Å². The highest BCUT2D eigenvalue weighted by atomic mass is 16.4. The second kappa shape index (κ2) is 7.03. The average Bonchev–Trinajstić information content (AvgIpc) is 3.18. The Bertz CT molecular complexity index is 753. The van der Waals surface area contributed by atoms with E-state index in [-0.39, 0.29) is 17.7 Å². The maximum Gasteiger partial charge on any atom is 0.306 e. The zero-order valence-electron chi connectivity index (χ0n) is 13.9. The molecule has 2 N–H and O–H groups in total. The maximum absolute atomic E-state index is 12.1. The number of imidazole rings is 1. The number of carbonyl (C=O) groups is 2. The van der Waals surface area contributed by atoms with Gasteiger partial charge in [-0.25, -0.2) is 4.98 Å². The van der Waals surface area contributed by atoms with Gasteiger partial charge in [0, 0.05) is 25.9 Å². The first-order valence-electron chi connectivity index (χ1n) is 8.47. The Balaban J connectivity index is 1.46. The van der Waals surface area contributed by atoms with Gasteiger partial charge in [-0.15, -0.1) is 0 Å². The van der Waals surface area contributed by atoms with E-state index in [9.17, 15) is 9.59 Å². The standard InChI is InChI=1S/C18H23N3O3/c1-21-15-6-3-2-5-14(15)20-16(21)7-4-10-19-17(22)12-8-9-13(11-12)18(23)24/h2-3,5-6,12-13H,4,7-11H2,1H3,(H,19,22)(H,23,24)/t12-,13+/m0/s1. The highest BCUT2D eigenvalue weighted by Crippen LogP contribution is 2.31. The van der Waals surface area contributed by atoms with E-state index in [2.05, 4.69) is 14.9 Å². The molecule has 1 saturated carbocycles. The molecule has 24 heavy (non-hydrogen) atoms. The minimum atomic E-state index is -0.785. The van der Waals surface area contributed by atoms with E-state index in [0.29, 0.717) is 25.8 Å². The Morgan fingerprint density at radius 1 is 1.29 bits per heavy atom. The zero-order chi connectivity index (χ0) is 17.1. The number of hydrogen-bond acceptors (Lipinski definition) is 3. The van der Waals surface area contributed by atoms with Crippen LogP contribution in [0.3, 0.4) is 0 Å². The quantitative estimate of drug-likeness (QED) is 0.795. The summed E-state index contributed by atoms with van der Waals surface area (Å²) >= 11 is 0. The summed E-state index contributed by atoms with van der Waals surface area (Å²) in [6.45, 7) is 0.594. The van der Waals surface area contributed by atoms with Crippen molar-refractivity contribution in [2.75, 3.05) is 6.54 Å². The fourth-order valence-corrected chi connectivity index (χ4v) is 3.47. The summed E-state index contributed by atoms with van der Waals surface area (Å²) < 4.78 is 2.09. The lowest BCUT2D eigenvalue weighted by atomic mass is 10.0. The van der Waals surface area contributed by atoms with Gasteiger partial charge >= 0.3 is 5.97 Å². The largest absolute Gasteiger partial charge is 0.481 e. The number of carboxylic acid groups (broad SMARTS) is 1. The van der Waals surface area contributed by atoms with Gasteiger partial charge in [-0.2, -0.15) is 0 Å². The lowest BCUT2D eigenvalue weighted by Crippen LogP contribution is -2.30. The summed E-state index contributed by atoms with van der Waals surface area (Å²) in [5.41, 5.74) is 2.10. The van der Waals surface area contributed by atoms with Gasteiger partial charge in [0.1, 0.15) is 5.82 Å². The van der Waals surface area contributed by atoms with Crippen molar-refractivity contribution in [3.63, 3.8) is 0 Å². The van der Waals surface area contributed by atoms with E-state index in [4.69, 9.17) is 5.11 Å². The lowest BCUT2D eigenvalue weighted by Gasteiger charge is -2.10. The predicted molar refractivity (Wildman–Crippen MR) is 90.5 cm³/mol. The van der Waals surface area contributed by atoms with Crippen LogP contribution < -0.4 is 5.32 Å². The van der Waals surface area contributed by atoms with E-state index in [0.717, 1.165) is 29.7 Å². The first-order chi connectivity index (χ1) is 11.6. The molecule has 0 spiro atoms. The molecular formula is C18H23N3O3. The van der Waals surface area contributed by atoms with Crippen LogP contribution >= 0.6 is 0 Å². The minimum absolute atomic E-state index is 0.0104. The SMILES string of the molecule is Cn1c(CCCNC(=O)[C@H]2CC[C@@H](C(=O)O)C2)nc2ccccc21. The number of amides is 1. The third kappa shape index (κ3) is 3.42. The van der Waals surface area contributed by atoms with Gasteiger partial charge < -0.3 is 15.0 Å². The lowest BCUT2D eigenvalue weighted by molar-refractivity contribution is -0.141. The second-order valence-corrected chi connectivity index (χ2v) is 6.52. The Labute approximate surface area is 140 Å². The molecule has 6 nitrogen and oxygen atoms in total. The van der Waals surface area contributed by atoms with Crippen molar-refractivity contribution < 1.29 is 14.7 Å². The van der Waals surface area contributed by atoms with Crippen molar-refractivity contribution in [2.45, 2.75) is 32.1 Å². The molecule has 1 aliphatic rings. The number of aryl methyl sites for hydroxylation is 2. The van der Waals surface area contributed by atoms with Crippen LogP contribution in [0.1, 0.15) is 31.5 Å². The number of nitrogens with zero attached hydrogens (tertiary/aromatic N) is 2. The second-order valence-electron chi connectivity index (χ2n) is 6.52. The molecule has 0 radical (unpaired) electrons. The molecule has 1 fully saturated rings. The van der Waals surface area contributed by atoms with Crippen molar-refractivity contribution >= 4 is 22.9 Å². The monoisotopic (exact) mass is 329 g/mol. The Morgan fingerprint density at radius 2 is 2.04 bits per heavy atom. The van der Waals surface area contributed by atoms with Gasteiger partial charge in [-0.05, 0) is 37.8 Å². The molecule has 1 aromatic carbocycles. The summed E-state index contributed by atoms with van der Waals surface area (Å²) in [6.07, 6.45) is 3.36. The van der Waals surface area contributed by atoms with E-state index in [1.807, 2.05) is 31.3 Å². The molecular weight excluding hydrogens is 306 g/mol. The number of aromatic nitrogens is 2. The highest BCUT2D eigenvalue weighted by molar-refractivity contribution is 5.80. The first-order valence-corrected chi connectivity index (χ1v) is 8.47. The number of carboxylic acids is 1. The summed E-state index contributed by atoms with van der Waals surface area (Å²) in [6, 6.07) is 8.03. The Kier molecular flexibility index (Phi) is 4.83. The third-order valence-corrected chi connectivity index (χ3v) is 4.91. The van der Waals surface area contributed by atoms with Crippen molar-refractivity contribution in [2.24, 2.45) is 18.9 Å². The molecule has 2 atom stereocenters. The Hall–Kier alpha value is -2.37. The number of benzene rings is 1. The number of aliphatic carboxylic acids is 1. The van der Waals surface area contributed by atoms with E-state index in [1.165, 1.54) is 0 Å². The topological polar surface area (TPSA) is 84.2 Å². The molecule has 0 bridgehead atoms. The highest BCUT2D eigenvalue weighted by Gasteiger charge is 2.33. The number of rotatable bonds is 6. The van der Waals surface area contributed by atoms with Crippen LogP contribution in [0.5, 0.6) is 0 Å². The molecule has 6 heteroatoms. The minimum Gasteiger partial charge on any atom is -0.481 e. The number of fused-ring (bicyclic) bond motifs is 1. The molecule has 1 aliphatic carbocycles. The maximum atomic E-state index is 12.1.